The molecule has 7 heteroatoms. The van der Waals surface area contributed by atoms with Gasteiger partial charge in [-0.15, -0.1) is 0 Å². The Hall–Kier alpha value is -2.60. The number of fused-ring (bicyclic) bond motifs is 1. The smallest absolute Gasteiger partial charge is 0.176 e. The molecule has 0 saturated carbocycles. The highest BCUT2D eigenvalue weighted by molar-refractivity contribution is 6.31. The highest BCUT2D eigenvalue weighted by atomic mass is 35.5. The summed E-state index contributed by atoms with van der Waals surface area (Å²) in [5.74, 6) is 2.57. The number of nitrogens with zero attached hydrogens (tertiary/aromatic N) is 5. The standard InChI is InChI=1S/C17H17ClN6/c1-2-24-14-10-12(18)4-5-13(14)22-15(24)11-23-9-8-21-17(23)16-19-6-3-7-20-16/h3-6,8-10H,2,7,11H2,1H3,(H,19,20). The van der Waals surface area contributed by atoms with Crippen molar-refractivity contribution < 1.29 is 0 Å². The van der Waals surface area contributed by atoms with Gasteiger partial charge in [-0.2, -0.15) is 0 Å². The van der Waals surface area contributed by atoms with Gasteiger partial charge in [-0.3, -0.25) is 4.99 Å². The van der Waals surface area contributed by atoms with Crippen LogP contribution in [0.4, 0.5) is 0 Å². The van der Waals surface area contributed by atoms with E-state index in [1.807, 2.05) is 36.7 Å². The van der Waals surface area contributed by atoms with Crippen LogP contribution in [0.2, 0.25) is 5.02 Å². The zero-order valence-corrected chi connectivity index (χ0v) is 14.0. The first kappa shape index (κ1) is 15.0. The summed E-state index contributed by atoms with van der Waals surface area (Å²) in [5.41, 5.74) is 2.01. The molecular formula is C17H17ClN6. The molecule has 3 aromatic rings. The van der Waals surface area contributed by atoms with Crippen molar-refractivity contribution in [2.75, 3.05) is 6.54 Å². The Morgan fingerprint density at radius 1 is 1.33 bits per heavy atom. The van der Waals surface area contributed by atoms with Gasteiger partial charge in [0.15, 0.2) is 11.7 Å². The van der Waals surface area contributed by atoms with Crippen molar-refractivity contribution in [3.05, 3.63) is 59.5 Å². The van der Waals surface area contributed by atoms with Gasteiger partial charge in [-0.25, -0.2) is 9.97 Å². The number of halogens is 1. The molecule has 24 heavy (non-hydrogen) atoms. The minimum atomic E-state index is 0.625. The minimum Gasteiger partial charge on any atom is -0.344 e. The first-order valence-electron chi connectivity index (χ1n) is 7.88. The average Bonchev–Trinajstić information content (AvgIpc) is 3.19. The summed E-state index contributed by atoms with van der Waals surface area (Å²) in [6.07, 6.45) is 7.60. The molecule has 0 atom stereocenters. The van der Waals surface area contributed by atoms with E-state index >= 15 is 0 Å². The topological polar surface area (TPSA) is 60.0 Å². The minimum absolute atomic E-state index is 0.625. The predicted molar refractivity (Wildman–Crippen MR) is 95.4 cm³/mol. The lowest BCUT2D eigenvalue weighted by Crippen LogP contribution is -2.26. The second kappa shape index (κ2) is 6.13. The average molecular weight is 341 g/mol. The summed E-state index contributed by atoms with van der Waals surface area (Å²) in [6.45, 7) is 4.23. The molecule has 0 fully saturated rings. The molecule has 122 valence electrons. The summed E-state index contributed by atoms with van der Waals surface area (Å²) in [7, 11) is 0. The van der Waals surface area contributed by atoms with Gasteiger partial charge >= 0.3 is 0 Å². The maximum absolute atomic E-state index is 6.14. The highest BCUT2D eigenvalue weighted by Gasteiger charge is 2.15. The van der Waals surface area contributed by atoms with Crippen molar-refractivity contribution >= 4 is 28.5 Å². The van der Waals surface area contributed by atoms with Gasteiger partial charge < -0.3 is 14.5 Å². The first-order chi connectivity index (χ1) is 11.8. The Balaban J connectivity index is 1.73. The lowest BCUT2D eigenvalue weighted by atomic mass is 10.3. The maximum atomic E-state index is 6.14. The van der Waals surface area contributed by atoms with Crippen molar-refractivity contribution in [3.8, 4) is 0 Å². The third kappa shape index (κ3) is 2.59. The fourth-order valence-corrected chi connectivity index (χ4v) is 3.11. The van der Waals surface area contributed by atoms with Crippen LogP contribution in [0.15, 0.2) is 47.9 Å². The number of nitrogens with one attached hydrogen (secondary N) is 1. The molecule has 1 aliphatic rings. The Morgan fingerprint density at radius 2 is 2.25 bits per heavy atom. The SMILES string of the molecule is CCn1c(Cn2ccnc2C2=NCC=CN2)nc2ccc(Cl)cc21. The van der Waals surface area contributed by atoms with Crippen LogP contribution in [0.5, 0.6) is 0 Å². The van der Waals surface area contributed by atoms with E-state index in [-0.39, 0.29) is 0 Å². The zero-order chi connectivity index (χ0) is 16.5. The van der Waals surface area contributed by atoms with Crippen LogP contribution in [-0.2, 0) is 13.1 Å². The molecular weight excluding hydrogens is 324 g/mol. The number of hydrogen-bond donors (Lipinski definition) is 1. The second-order valence-electron chi connectivity index (χ2n) is 5.52. The Labute approximate surface area is 144 Å². The second-order valence-corrected chi connectivity index (χ2v) is 5.96. The van der Waals surface area contributed by atoms with E-state index in [1.54, 1.807) is 6.20 Å². The lowest BCUT2D eigenvalue weighted by molar-refractivity contribution is 0.659. The number of aromatic nitrogens is 4. The van der Waals surface area contributed by atoms with E-state index in [4.69, 9.17) is 16.6 Å². The van der Waals surface area contributed by atoms with E-state index in [9.17, 15) is 0 Å². The molecule has 0 amide bonds. The Morgan fingerprint density at radius 3 is 3.04 bits per heavy atom. The molecule has 1 aliphatic heterocycles. The van der Waals surface area contributed by atoms with Crippen molar-refractivity contribution in [1.29, 1.82) is 0 Å². The third-order valence-corrected chi connectivity index (χ3v) is 4.27. The van der Waals surface area contributed by atoms with Crippen molar-refractivity contribution in [2.45, 2.75) is 20.0 Å². The van der Waals surface area contributed by atoms with Gasteiger partial charge in [-0.05, 0) is 31.2 Å². The van der Waals surface area contributed by atoms with Crippen LogP contribution in [0.1, 0.15) is 18.6 Å². The van der Waals surface area contributed by atoms with Gasteiger partial charge in [0.1, 0.15) is 5.82 Å². The van der Waals surface area contributed by atoms with Gasteiger partial charge in [0.05, 0.1) is 24.1 Å². The van der Waals surface area contributed by atoms with Crippen LogP contribution in [0, 0.1) is 0 Å². The molecule has 0 saturated heterocycles. The molecule has 0 radical (unpaired) electrons. The molecule has 0 unspecified atom stereocenters. The van der Waals surface area contributed by atoms with E-state index in [0.29, 0.717) is 13.1 Å². The van der Waals surface area contributed by atoms with Crippen LogP contribution < -0.4 is 5.32 Å². The normalized spacial score (nSPS) is 14.0. The fraction of sp³-hybridized carbons (Fsp3) is 0.235. The van der Waals surface area contributed by atoms with Crippen LogP contribution >= 0.6 is 11.6 Å². The number of aryl methyl sites for hydroxylation is 1. The van der Waals surface area contributed by atoms with Gasteiger partial charge in [0.2, 0.25) is 0 Å². The van der Waals surface area contributed by atoms with E-state index in [1.165, 1.54) is 0 Å². The van der Waals surface area contributed by atoms with Crippen molar-refractivity contribution in [3.63, 3.8) is 0 Å². The van der Waals surface area contributed by atoms with Crippen molar-refractivity contribution in [1.82, 2.24) is 24.4 Å². The third-order valence-electron chi connectivity index (χ3n) is 4.04. The monoisotopic (exact) mass is 340 g/mol. The van der Waals surface area contributed by atoms with Crippen LogP contribution in [-0.4, -0.2) is 31.5 Å². The highest BCUT2D eigenvalue weighted by Crippen LogP contribution is 2.21. The van der Waals surface area contributed by atoms with Crippen LogP contribution in [0.3, 0.4) is 0 Å². The summed E-state index contributed by atoms with van der Waals surface area (Å²) in [4.78, 5) is 13.7. The summed E-state index contributed by atoms with van der Waals surface area (Å²) in [5, 5.41) is 3.87. The molecule has 1 aromatic carbocycles. The molecule has 0 spiro atoms. The van der Waals surface area contributed by atoms with E-state index in [2.05, 4.69) is 31.4 Å². The van der Waals surface area contributed by atoms with E-state index in [0.717, 1.165) is 40.1 Å². The molecule has 4 rings (SSSR count). The van der Waals surface area contributed by atoms with Gasteiger partial charge in [-0.1, -0.05) is 11.6 Å². The Kier molecular flexibility index (Phi) is 3.82. The first-order valence-corrected chi connectivity index (χ1v) is 8.26. The molecule has 0 bridgehead atoms. The predicted octanol–water partition coefficient (Wildman–Crippen LogP) is 2.82. The quantitative estimate of drug-likeness (QED) is 0.794. The number of aliphatic imine (C=N–C) groups is 1. The van der Waals surface area contributed by atoms with Crippen LogP contribution in [0.25, 0.3) is 11.0 Å². The van der Waals surface area contributed by atoms with Gasteiger partial charge in [0, 0.05) is 30.2 Å². The molecule has 6 nitrogen and oxygen atoms in total. The largest absolute Gasteiger partial charge is 0.344 e. The zero-order valence-electron chi connectivity index (χ0n) is 13.3. The summed E-state index contributed by atoms with van der Waals surface area (Å²) in [6, 6.07) is 5.79. The Bertz CT molecular complexity index is 949. The fourth-order valence-electron chi connectivity index (χ4n) is 2.94. The number of hydrogen-bond acceptors (Lipinski definition) is 4. The lowest BCUT2D eigenvalue weighted by Gasteiger charge is -2.12. The maximum Gasteiger partial charge on any atom is 0.176 e. The van der Waals surface area contributed by atoms with E-state index < -0.39 is 0 Å². The molecule has 1 N–H and O–H groups in total. The van der Waals surface area contributed by atoms with Gasteiger partial charge in [0.25, 0.3) is 0 Å². The number of imidazole rings is 2. The molecule has 2 aromatic heterocycles. The number of rotatable bonds is 4. The molecule has 0 aliphatic carbocycles. The van der Waals surface area contributed by atoms with Crippen molar-refractivity contribution in [2.24, 2.45) is 4.99 Å². The number of benzene rings is 1. The summed E-state index contributed by atoms with van der Waals surface area (Å²) < 4.78 is 4.24. The summed E-state index contributed by atoms with van der Waals surface area (Å²) >= 11 is 6.14. The molecule has 3 heterocycles. The number of amidine groups is 1.